The average Bonchev–Trinajstić information content (AvgIpc) is 2.75. The van der Waals surface area contributed by atoms with Gasteiger partial charge in [-0.25, -0.2) is 0 Å². The number of amides is 1. The zero-order chi connectivity index (χ0) is 21.3. The van der Waals surface area contributed by atoms with E-state index in [0.29, 0.717) is 41.8 Å². The number of nitrogens with zero attached hydrogens (tertiary/aromatic N) is 1. The maximum atomic E-state index is 12.5. The lowest BCUT2D eigenvalue weighted by Gasteiger charge is -2.29. The zero-order valence-corrected chi connectivity index (χ0v) is 18.5. The lowest BCUT2D eigenvalue weighted by Crippen LogP contribution is -2.36. The van der Waals surface area contributed by atoms with E-state index >= 15 is 0 Å². The van der Waals surface area contributed by atoms with Crippen molar-refractivity contribution in [3.63, 3.8) is 0 Å². The molecule has 2 aromatic carbocycles. The molecule has 0 radical (unpaired) electrons. The molecule has 0 spiro atoms. The summed E-state index contributed by atoms with van der Waals surface area (Å²) in [7, 11) is 0. The Bertz CT molecular complexity index is 888. The molecule has 160 valence electrons. The zero-order valence-electron chi connectivity index (χ0n) is 16.9. The van der Waals surface area contributed by atoms with Crippen LogP contribution in [0.1, 0.15) is 30.1 Å². The number of unbranched alkanes of at least 4 members (excludes halogenated alkanes) is 1. The molecule has 1 amide bonds. The molecule has 6 nitrogen and oxygen atoms in total. The van der Waals surface area contributed by atoms with E-state index in [-0.39, 0.29) is 11.0 Å². The second-order valence-electron chi connectivity index (χ2n) is 6.90. The van der Waals surface area contributed by atoms with Crippen LogP contribution in [0, 0.1) is 0 Å². The van der Waals surface area contributed by atoms with Gasteiger partial charge in [-0.1, -0.05) is 31.0 Å². The van der Waals surface area contributed by atoms with Gasteiger partial charge in [0.2, 0.25) is 0 Å². The minimum atomic E-state index is -0.301. The molecule has 2 aromatic rings. The van der Waals surface area contributed by atoms with Crippen LogP contribution >= 0.6 is 23.8 Å². The number of anilines is 2. The van der Waals surface area contributed by atoms with Gasteiger partial charge in [0.15, 0.2) is 5.11 Å². The molecule has 2 N–H and O–H groups in total. The molecule has 1 saturated heterocycles. The van der Waals surface area contributed by atoms with E-state index in [1.165, 1.54) is 0 Å². The monoisotopic (exact) mass is 447 g/mol. The van der Waals surface area contributed by atoms with Crippen LogP contribution in [0.4, 0.5) is 11.4 Å². The van der Waals surface area contributed by atoms with Crippen molar-refractivity contribution in [1.82, 2.24) is 5.32 Å². The molecule has 8 heteroatoms. The number of carbonyl (C=O) groups excluding carboxylic acids is 1. The molecule has 1 aliphatic heterocycles. The Morgan fingerprint density at radius 3 is 2.77 bits per heavy atom. The molecule has 0 saturated carbocycles. The molecule has 0 unspecified atom stereocenters. The van der Waals surface area contributed by atoms with Gasteiger partial charge in [-0.15, -0.1) is 0 Å². The first-order chi connectivity index (χ1) is 14.6. The van der Waals surface area contributed by atoms with E-state index in [0.717, 1.165) is 31.6 Å². The molecule has 30 heavy (non-hydrogen) atoms. The summed E-state index contributed by atoms with van der Waals surface area (Å²) < 4.78 is 11.0. The van der Waals surface area contributed by atoms with Gasteiger partial charge in [-0.2, -0.15) is 0 Å². The number of rotatable bonds is 7. The molecule has 0 aliphatic carbocycles. The number of carbonyl (C=O) groups is 1. The third kappa shape index (κ3) is 6.32. The number of hydrogen-bond donors (Lipinski definition) is 2. The van der Waals surface area contributed by atoms with Crippen molar-refractivity contribution in [3.05, 3.63) is 53.1 Å². The Labute approximate surface area is 187 Å². The Morgan fingerprint density at radius 2 is 2.03 bits per heavy atom. The third-order valence-corrected chi connectivity index (χ3v) is 5.15. The maximum absolute atomic E-state index is 12.5. The minimum Gasteiger partial charge on any atom is -0.494 e. The van der Waals surface area contributed by atoms with Crippen LogP contribution in [0.25, 0.3) is 0 Å². The van der Waals surface area contributed by atoms with Crippen LogP contribution in [-0.2, 0) is 4.74 Å². The Balaban J connectivity index is 1.56. The fraction of sp³-hybridized carbons (Fsp3) is 0.364. The van der Waals surface area contributed by atoms with Gasteiger partial charge in [-0.3, -0.25) is 10.1 Å². The molecule has 0 atom stereocenters. The van der Waals surface area contributed by atoms with Gasteiger partial charge < -0.3 is 19.7 Å². The van der Waals surface area contributed by atoms with Crippen LogP contribution in [0.2, 0.25) is 5.02 Å². The number of nitrogens with one attached hydrogen (secondary N) is 2. The van der Waals surface area contributed by atoms with Crippen molar-refractivity contribution in [1.29, 1.82) is 0 Å². The summed E-state index contributed by atoms with van der Waals surface area (Å²) >= 11 is 11.7. The largest absolute Gasteiger partial charge is 0.494 e. The highest BCUT2D eigenvalue weighted by molar-refractivity contribution is 7.80. The van der Waals surface area contributed by atoms with E-state index in [1.54, 1.807) is 24.3 Å². The second kappa shape index (κ2) is 11.2. The summed E-state index contributed by atoms with van der Waals surface area (Å²) in [5.41, 5.74) is 2.15. The van der Waals surface area contributed by atoms with Crippen molar-refractivity contribution in [2.45, 2.75) is 19.8 Å². The molecular formula is C22H26ClN3O3S. The topological polar surface area (TPSA) is 62.8 Å². The van der Waals surface area contributed by atoms with Gasteiger partial charge in [0.25, 0.3) is 5.91 Å². The van der Waals surface area contributed by atoms with E-state index in [4.69, 9.17) is 33.3 Å². The number of ether oxygens (including phenoxy) is 2. The highest BCUT2D eigenvalue weighted by atomic mass is 35.5. The summed E-state index contributed by atoms with van der Waals surface area (Å²) in [6, 6.07) is 12.7. The van der Waals surface area contributed by atoms with Crippen molar-refractivity contribution < 1.29 is 14.3 Å². The summed E-state index contributed by atoms with van der Waals surface area (Å²) in [5.74, 6) is 0.366. The molecule has 3 rings (SSSR count). The molecule has 1 heterocycles. The lowest BCUT2D eigenvalue weighted by molar-refractivity contribution is 0.0977. The first kappa shape index (κ1) is 22.3. The van der Waals surface area contributed by atoms with Crippen molar-refractivity contribution in [2.75, 3.05) is 43.1 Å². The van der Waals surface area contributed by atoms with E-state index in [1.807, 2.05) is 18.2 Å². The summed E-state index contributed by atoms with van der Waals surface area (Å²) in [6.07, 6.45) is 2.02. The van der Waals surface area contributed by atoms with Crippen molar-refractivity contribution in [2.24, 2.45) is 0 Å². The highest BCUT2D eigenvalue weighted by Crippen LogP contribution is 2.29. The van der Waals surface area contributed by atoms with Crippen LogP contribution in [0.5, 0.6) is 5.75 Å². The summed E-state index contributed by atoms with van der Waals surface area (Å²) in [4.78, 5) is 14.7. The highest BCUT2D eigenvalue weighted by Gasteiger charge is 2.15. The minimum absolute atomic E-state index is 0.201. The fourth-order valence-electron chi connectivity index (χ4n) is 3.04. The predicted molar refractivity (Wildman–Crippen MR) is 125 cm³/mol. The second-order valence-corrected chi connectivity index (χ2v) is 7.72. The quantitative estimate of drug-likeness (QED) is 0.482. The normalized spacial score (nSPS) is 13.6. The molecule has 1 aliphatic rings. The van der Waals surface area contributed by atoms with E-state index < -0.39 is 0 Å². The van der Waals surface area contributed by atoms with Crippen molar-refractivity contribution in [3.8, 4) is 5.75 Å². The number of morpholine rings is 1. The smallest absolute Gasteiger partial charge is 0.257 e. The lowest BCUT2D eigenvalue weighted by atomic mass is 10.2. The van der Waals surface area contributed by atoms with Crippen LogP contribution < -0.4 is 20.3 Å². The van der Waals surface area contributed by atoms with Crippen molar-refractivity contribution >= 4 is 46.2 Å². The van der Waals surface area contributed by atoms with Gasteiger partial charge in [0.05, 0.1) is 30.5 Å². The predicted octanol–water partition coefficient (Wildman–Crippen LogP) is 4.48. The molecule has 1 fully saturated rings. The number of thiocarbonyl (C=S) groups is 1. The van der Waals surface area contributed by atoms with E-state index in [2.05, 4.69) is 22.5 Å². The Morgan fingerprint density at radius 1 is 1.23 bits per heavy atom. The maximum Gasteiger partial charge on any atom is 0.257 e. The van der Waals surface area contributed by atoms with Crippen LogP contribution in [0.3, 0.4) is 0 Å². The number of hydrogen-bond acceptors (Lipinski definition) is 5. The van der Waals surface area contributed by atoms with Gasteiger partial charge >= 0.3 is 0 Å². The van der Waals surface area contributed by atoms with Crippen LogP contribution in [-0.4, -0.2) is 43.9 Å². The number of benzene rings is 2. The Hall–Kier alpha value is -2.35. The van der Waals surface area contributed by atoms with Gasteiger partial charge in [-0.05, 0) is 55.0 Å². The third-order valence-electron chi connectivity index (χ3n) is 4.65. The van der Waals surface area contributed by atoms with E-state index in [9.17, 15) is 4.79 Å². The van der Waals surface area contributed by atoms with Gasteiger partial charge in [0.1, 0.15) is 5.75 Å². The first-order valence-corrected chi connectivity index (χ1v) is 10.8. The SMILES string of the molecule is CCCCOc1cccc(C(=O)NC(=S)Nc2ccc(N3CCOCC3)c(Cl)c2)c1. The molecular weight excluding hydrogens is 422 g/mol. The fourth-order valence-corrected chi connectivity index (χ4v) is 3.56. The molecule has 0 bridgehead atoms. The van der Waals surface area contributed by atoms with Crippen LogP contribution in [0.15, 0.2) is 42.5 Å². The first-order valence-electron chi connectivity index (χ1n) is 10.0. The molecule has 0 aromatic heterocycles. The summed E-state index contributed by atoms with van der Waals surface area (Å²) in [5, 5.41) is 6.52. The Kier molecular flexibility index (Phi) is 8.30. The number of halogens is 1. The van der Waals surface area contributed by atoms with Gasteiger partial charge in [0, 0.05) is 24.3 Å². The standard InChI is InChI=1S/C22H26ClN3O3S/c1-2-3-11-29-18-6-4-5-16(14-18)21(27)25-22(30)24-17-7-8-20(19(23)15-17)26-9-12-28-13-10-26/h4-8,14-15H,2-3,9-13H2,1H3,(H2,24,25,27,30). The average molecular weight is 448 g/mol. The summed E-state index contributed by atoms with van der Waals surface area (Å²) in [6.45, 7) is 5.73.